The van der Waals surface area contributed by atoms with E-state index in [0.29, 0.717) is 0 Å². The summed E-state index contributed by atoms with van der Waals surface area (Å²) in [4.78, 5) is 11.5. The molecule has 2 atom stereocenters. The average molecular weight is 267 g/mol. The third-order valence-corrected chi connectivity index (χ3v) is 2.90. The molecule has 2 unspecified atom stereocenters. The molecule has 0 amide bonds. The molecule has 2 aliphatic rings. The standard InChI is InChI=1S/C14H21NO2.C2H6.H2/c1-14(2,3)17-13(16)9-15-8-10-4-5-11-7-12(11)6-10;1-2;/h4-6,11-12,15H,7-9H2,1-3H3;1-2H3;1H. The van der Waals surface area contributed by atoms with Crippen molar-refractivity contribution in [3.63, 3.8) is 0 Å². The zero-order valence-electron chi connectivity index (χ0n) is 12.8. The molecular weight excluding hydrogens is 238 g/mol. The molecular formula is C16H29NO2. The van der Waals surface area contributed by atoms with E-state index in [1.54, 1.807) is 0 Å². The number of rotatable bonds is 4. The van der Waals surface area contributed by atoms with E-state index >= 15 is 0 Å². The average Bonchev–Trinajstić information content (AvgIpc) is 3.07. The zero-order chi connectivity index (χ0) is 14.5. The molecule has 0 aromatic rings. The SMILES string of the molecule is CC.CC(C)(C)OC(=O)CNCC1=CC2CC2C=C1.[HH]. The molecule has 3 nitrogen and oxygen atoms in total. The summed E-state index contributed by atoms with van der Waals surface area (Å²) >= 11 is 0. The number of esters is 1. The number of fused-ring (bicyclic) bond motifs is 1. The van der Waals surface area contributed by atoms with Gasteiger partial charge in [0.25, 0.3) is 0 Å². The van der Waals surface area contributed by atoms with Gasteiger partial charge in [-0.3, -0.25) is 4.79 Å². The summed E-state index contributed by atoms with van der Waals surface area (Å²) in [5.74, 6) is 1.37. The Morgan fingerprint density at radius 1 is 1.42 bits per heavy atom. The summed E-state index contributed by atoms with van der Waals surface area (Å²) in [6.45, 7) is 10.7. The first-order chi connectivity index (χ1) is 8.94. The molecule has 0 aliphatic heterocycles. The van der Waals surface area contributed by atoms with Crippen LogP contribution in [0.3, 0.4) is 0 Å². The van der Waals surface area contributed by atoms with Gasteiger partial charge in [0.1, 0.15) is 5.60 Å². The molecule has 1 fully saturated rings. The van der Waals surface area contributed by atoms with E-state index in [9.17, 15) is 4.79 Å². The van der Waals surface area contributed by atoms with Crippen molar-refractivity contribution in [3.8, 4) is 0 Å². The number of ether oxygens (including phenoxy) is 1. The molecule has 0 aromatic carbocycles. The molecule has 2 aliphatic carbocycles. The molecule has 3 heteroatoms. The fourth-order valence-electron chi connectivity index (χ4n) is 2.03. The number of allylic oxidation sites excluding steroid dienone is 2. The van der Waals surface area contributed by atoms with Crippen molar-refractivity contribution in [2.75, 3.05) is 13.1 Å². The van der Waals surface area contributed by atoms with E-state index in [-0.39, 0.29) is 13.9 Å². The molecule has 0 saturated heterocycles. The van der Waals surface area contributed by atoms with Gasteiger partial charge < -0.3 is 10.1 Å². The molecule has 0 spiro atoms. The summed E-state index contributed by atoms with van der Waals surface area (Å²) in [5.41, 5.74) is 0.886. The maximum atomic E-state index is 11.5. The van der Waals surface area contributed by atoms with Crippen LogP contribution in [0.25, 0.3) is 0 Å². The Kier molecular flexibility index (Phi) is 5.80. The van der Waals surface area contributed by atoms with Crippen LogP contribution in [0.4, 0.5) is 0 Å². The van der Waals surface area contributed by atoms with Crippen molar-refractivity contribution in [2.24, 2.45) is 11.8 Å². The van der Waals surface area contributed by atoms with E-state index in [4.69, 9.17) is 4.74 Å². The fraction of sp³-hybridized carbons (Fsp3) is 0.688. The van der Waals surface area contributed by atoms with Crippen molar-refractivity contribution in [1.82, 2.24) is 5.32 Å². The van der Waals surface area contributed by atoms with Crippen molar-refractivity contribution in [2.45, 2.75) is 46.6 Å². The smallest absolute Gasteiger partial charge is 0.320 e. The van der Waals surface area contributed by atoms with Crippen LogP contribution < -0.4 is 5.32 Å². The highest BCUT2D eigenvalue weighted by Gasteiger charge is 2.34. The third kappa shape index (κ3) is 6.06. The van der Waals surface area contributed by atoms with Crippen molar-refractivity contribution < 1.29 is 11.0 Å². The second-order valence-electron chi connectivity index (χ2n) is 5.85. The molecule has 1 saturated carbocycles. The lowest BCUT2D eigenvalue weighted by Crippen LogP contribution is -2.32. The normalized spacial score (nSPS) is 23.7. The summed E-state index contributed by atoms with van der Waals surface area (Å²) < 4.78 is 5.22. The van der Waals surface area contributed by atoms with Crippen molar-refractivity contribution in [1.29, 1.82) is 0 Å². The second kappa shape index (κ2) is 6.90. The molecule has 19 heavy (non-hydrogen) atoms. The fourth-order valence-corrected chi connectivity index (χ4v) is 2.03. The van der Waals surface area contributed by atoms with Gasteiger partial charge in [-0.2, -0.15) is 0 Å². The van der Waals surface area contributed by atoms with E-state index in [1.165, 1.54) is 12.0 Å². The van der Waals surface area contributed by atoms with E-state index < -0.39 is 5.60 Å². The van der Waals surface area contributed by atoms with Gasteiger partial charge in [-0.1, -0.05) is 32.1 Å². The first-order valence-electron chi connectivity index (χ1n) is 7.25. The maximum absolute atomic E-state index is 11.5. The van der Waals surface area contributed by atoms with Crippen LogP contribution in [0, 0.1) is 11.8 Å². The Hall–Kier alpha value is -1.09. The first kappa shape index (κ1) is 16.0. The first-order valence-corrected chi connectivity index (χ1v) is 7.25. The molecule has 110 valence electrons. The zero-order valence-corrected chi connectivity index (χ0v) is 12.8. The number of hydrogen-bond acceptors (Lipinski definition) is 3. The third-order valence-electron chi connectivity index (χ3n) is 2.90. The quantitative estimate of drug-likeness (QED) is 0.794. The minimum Gasteiger partial charge on any atom is -0.459 e. The lowest BCUT2D eigenvalue weighted by Gasteiger charge is -2.19. The molecule has 1 N–H and O–H groups in total. The maximum Gasteiger partial charge on any atom is 0.320 e. The van der Waals surface area contributed by atoms with Gasteiger partial charge in [0.05, 0.1) is 6.54 Å². The monoisotopic (exact) mass is 267 g/mol. The van der Waals surface area contributed by atoms with Crippen LogP contribution in [-0.4, -0.2) is 24.7 Å². The van der Waals surface area contributed by atoms with Gasteiger partial charge in [0.15, 0.2) is 0 Å². The molecule has 0 aromatic heterocycles. The number of hydrogen-bond donors (Lipinski definition) is 1. The lowest BCUT2D eigenvalue weighted by molar-refractivity contribution is -0.153. The minimum atomic E-state index is -0.399. The second-order valence-corrected chi connectivity index (χ2v) is 5.85. The van der Waals surface area contributed by atoms with Crippen LogP contribution in [0.5, 0.6) is 0 Å². The Morgan fingerprint density at radius 3 is 2.68 bits per heavy atom. The lowest BCUT2D eigenvalue weighted by atomic mass is 10.1. The van der Waals surface area contributed by atoms with E-state index in [0.717, 1.165) is 18.4 Å². The van der Waals surface area contributed by atoms with Gasteiger partial charge >= 0.3 is 5.97 Å². The van der Waals surface area contributed by atoms with Crippen molar-refractivity contribution >= 4 is 5.97 Å². The highest BCUT2D eigenvalue weighted by Crippen LogP contribution is 2.44. The van der Waals surface area contributed by atoms with E-state index in [1.807, 2.05) is 34.6 Å². The highest BCUT2D eigenvalue weighted by atomic mass is 16.6. The number of carbonyl (C=O) groups is 1. The van der Waals surface area contributed by atoms with Gasteiger partial charge in [-0.05, 0) is 44.6 Å². The summed E-state index contributed by atoms with van der Waals surface area (Å²) in [6.07, 6.45) is 8.05. The van der Waals surface area contributed by atoms with Crippen molar-refractivity contribution in [3.05, 3.63) is 23.8 Å². The Labute approximate surface area is 118 Å². The van der Waals surface area contributed by atoms with Crippen LogP contribution >= 0.6 is 0 Å². The molecule has 0 radical (unpaired) electrons. The Balaban J connectivity index is 0.00000115. The predicted octanol–water partition coefficient (Wildman–Crippen LogP) is 3.32. The summed E-state index contributed by atoms with van der Waals surface area (Å²) in [7, 11) is 0. The Bertz CT molecular complexity index is 369. The minimum absolute atomic E-state index is 0. The summed E-state index contributed by atoms with van der Waals surface area (Å²) in [5, 5.41) is 3.12. The predicted molar refractivity (Wildman–Crippen MR) is 81.0 cm³/mol. The van der Waals surface area contributed by atoms with Gasteiger partial charge in [0.2, 0.25) is 0 Å². The Morgan fingerprint density at radius 2 is 2.11 bits per heavy atom. The van der Waals surface area contributed by atoms with E-state index in [2.05, 4.69) is 23.5 Å². The summed E-state index contributed by atoms with van der Waals surface area (Å²) in [6, 6.07) is 0. The van der Waals surface area contributed by atoms with Crippen LogP contribution in [-0.2, 0) is 9.53 Å². The largest absolute Gasteiger partial charge is 0.459 e. The van der Waals surface area contributed by atoms with Crippen LogP contribution in [0.1, 0.15) is 42.5 Å². The van der Waals surface area contributed by atoms with Gasteiger partial charge in [0, 0.05) is 7.97 Å². The molecule has 2 rings (SSSR count). The number of nitrogens with one attached hydrogen (secondary N) is 1. The molecule has 0 heterocycles. The van der Waals surface area contributed by atoms with Crippen LogP contribution in [0.2, 0.25) is 0 Å². The highest BCUT2D eigenvalue weighted by molar-refractivity contribution is 5.72. The van der Waals surface area contributed by atoms with Crippen LogP contribution in [0.15, 0.2) is 23.8 Å². The number of carbonyl (C=O) groups excluding carboxylic acids is 1. The van der Waals surface area contributed by atoms with Gasteiger partial charge in [-0.25, -0.2) is 0 Å². The topological polar surface area (TPSA) is 38.3 Å². The van der Waals surface area contributed by atoms with Gasteiger partial charge in [-0.15, -0.1) is 0 Å². The molecule has 0 bridgehead atoms.